The number of ether oxygens (including phenoxy) is 1. The fourth-order valence-electron chi connectivity index (χ4n) is 2.02. The lowest BCUT2D eigenvalue weighted by molar-refractivity contribution is -0.105. The van der Waals surface area contributed by atoms with Crippen LogP contribution in [0.3, 0.4) is 0 Å². The quantitative estimate of drug-likeness (QED) is 0.315. The highest BCUT2D eigenvalue weighted by Gasteiger charge is 2.28. The molecule has 1 N–H and O–H groups in total. The van der Waals surface area contributed by atoms with Crippen LogP contribution in [-0.2, 0) is 0 Å². The van der Waals surface area contributed by atoms with Gasteiger partial charge in [0.25, 0.3) is 6.43 Å². The predicted octanol–water partition coefficient (Wildman–Crippen LogP) is 6.50. The molecule has 1 heterocycles. The zero-order valence-corrected chi connectivity index (χ0v) is 17.7. The fourth-order valence-corrected chi connectivity index (χ4v) is 3.53. The molecule has 0 spiro atoms. The first-order chi connectivity index (χ1) is 13.5. The van der Waals surface area contributed by atoms with Gasteiger partial charge in [-0.25, -0.2) is 23.1 Å². The Morgan fingerprint density at radius 3 is 2.59 bits per heavy atom. The minimum Gasteiger partial charge on any atom is -0.488 e. The van der Waals surface area contributed by atoms with Crippen molar-refractivity contribution in [2.75, 3.05) is 17.7 Å². The number of hydrogen-bond donors (Lipinski definition) is 1. The van der Waals surface area contributed by atoms with E-state index in [9.17, 15) is 26.3 Å². The number of rotatable bonds is 8. The molecule has 0 saturated carbocycles. The van der Waals surface area contributed by atoms with Crippen molar-refractivity contribution in [2.45, 2.75) is 30.5 Å². The topological polar surface area (TPSA) is 47.0 Å². The van der Waals surface area contributed by atoms with E-state index in [1.54, 1.807) is 6.92 Å². The van der Waals surface area contributed by atoms with Crippen LogP contribution in [0.25, 0.3) is 0 Å². The number of anilines is 1. The zero-order chi connectivity index (χ0) is 21.8. The standard InChI is InChI=1S/C16H13BrClF6N3OS/c1-7(27-15-12(17)13(14(20)21)25-6-26-15)4-28-10-3-11(8(18)2-9(10)19)29-5-16(22,23)24/h2-3,6-7,14H,4-5H2,1H3,(H,25,26,27). The molecule has 160 valence electrons. The minimum atomic E-state index is -4.41. The maximum Gasteiger partial charge on any atom is 0.398 e. The van der Waals surface area contributed by atoms with Crippen LogP contribution >= 0.6 is 39.3 Å². The fraction of sp³-hybridized carbons (Fsp3) is 0.375. The van der Waals surface area contributed by atoms with Crippen LogP contribution in [0.1, 0.15) is 19.0 Å². The Bertz CT molecular complexity index is 858. The minimum absolute atomic E-state index is 0.0149. The zero-order valence-electron chi connectivity index (χ0n) is 14.5. The molecule has 2 rings (SSSR count). The second-order valence-corrected chi connectivity index (χ2v) is 7.91. The lowest BCUT2D eigenvalue weighted by Gasteiger charge is -2.18. The Morgan fingerprint density at radius 1 is 1.28 bits per heavy atom. The third-order valence-electron chi connectivity index (χ3n) is 3.27. The molecule has 0 radical (unpaired) electrons. The monoisotopic (exact) mass is 523 g/mol. The van der Waals surface area contributed by atoms with E-state index < -0.39 is 35.9 Å². The summed E-state index contributed by atoms with van der Waals surface area (Å²) in [4.78, 5) is 7.34. The number of thioether (sulfide) groups is 1. The number of aromatic nitrogens is 2. The van der Waals surface area contributed by atoms with E-state index in [1.165, 1.54) is 0 Å². The summed E-state index contributed by atoms with van der Waals surface area (Å²) in [5.41, 5.74) is -0.495. The van der Waals surface area contributed by atoms with E-state index in [1.807, 2.05) is 0 Å². The van der Waals surface area contributed by atoms with Crippen molar-refractivity contribution in [3.8, 4) is 5.75 Å². The largest absolute Gasteiger partial charge is 0.488 e. The summed E-state index contributed by atoms with van der Waals surface area (Å²) < 4.78 is 82.2. The molecule has 29 heavy (non-hydrogen) atoms. The highest BCUT2D eigenvalue weighted by molar-refractivity contribution is 9.10. The number of alkyl halides is 5. The van der Waals surface area contributed by atoms with Crippen molar-refractivity contribution in [1.29, 1.82) is 0 Å². The van der Waals surface area contributed by atoms with Gasteiger partial charge >= 0.3 is 6.18 Å². The van der Waals surface area contributed by atoms with Gasteiger partial charge in [0.1, 0.15) is 24.4 Å². The van der Waals surface area contributed by atoms with Gasteiger partial charge in [0.15, 0.2) is 11.6 Å². The van der Waals surface area contributed by atoms with Crippen LogP contribution < -0.4 is 10.1 Å². The van der Waals surface area contributed by atoms with Crippen LogP contribution in [0.5, 0.6) is 5.75 Å². The summed E-state index contributed by atoms with van der Waals surface area (Å²) in [5.74, 6) is -2.24. The van der Waals surface area contributed by atoms with Crippen LogP contribution in [0.15, 0.2) is 27.8 Å². The smallest absolute Gasteiger partial charge is 0.398 e. The summed E-state index contributed by atoms with van der Waals surface area (Å²) in [5, 5.41) is 2.64. The van der Waals surface area contributed by atoms with Crippen molar-refractivity contribution in [3.63, 3.8) is 0 Å². The van der Waals surface area contributed by atoms with Crippen molar-refractivity contribution in [1.82, 2.24) is 9.97 Å². The maximum atomic E-state index is 14.0. The van der Waals surface area contributed by atoms with Crippen molar-refractivity contribution >= 4 is 45.1 Å². The summed E-state index contributed by atoms with van der Waals surface area (Å²) in [7, 11) is 0. The number of hydrogen-bond acceptors (Lipinski definition) is 5. The molecule has 0 aliphatic carbocycles. The van der Waals surface area contributed by atoms with Crippen molar-refractivity contribution in [3.05, 3.63) is 39.5 Å². The molecule has 0 aliphatic heterocycles. The molecule has 13 heteroatoms. The van der Waals surface area contributed by atoms with Crippen molar-refractivity contribution in [2.24, 2.45) is 0 Å². The lowest BCUT2D eigenvalue weighted by Crippen LogP contribution is -2.25. The van der Waals surface area contributed by atoms with Crippen LogP contribution in [0.4, 0.5) is 32.2 Å². The molecule has 0 saturated heterocycles. The lowest BCUT2D eigenvalue weighted by atomic mass is 10.3. The number of nitrogens with one attached hydrogen (secondary N) is 1. The van der Waals surface area contributed by atoms with E-state index in [4.69, 9.17) is 16.3 Å². The maximum absolute atomic E-state index is 14.0. The normalized spacial score (nSPS) is 12.9. The molecular weight excluding hydrogens is 512 g/mol. The molecule has 0 amide bonds. The molecule has 0 fully saturated rings. The van der Waals surface area contributed by atoms with E-state index >= 15 is 0 Å². The number of benzene rings is 1. The van der Waals surface area contributed by atoms with E-state index in [0.29, 0.717) is 11.8 Å². The third-order valence-corrected chi connectivity index (χ3v) is 5.60. The van der Waals surface area contributed by atoms with Gasteiger partial charge in [0.05, 0.1) is 21.3 Å². The van der Waals surface area contributed by atoms with Gasteiger partial charge in [-0.3, -0.25) is 0 Å². The van der Waals surface area contributed by atoms with Gasteiger partial charge < -0.3 is 10.1 Å². The highest BCUT2D eigenvalue weighted by Crippen LogP contribution is 2.36. The van der Waals surface area contributed by atoms with Crippen LogP contribution in [0.2, 0.25) is 5.02 Å². The van der Waals surface area contributed by atoms with Gasteiger partial charge in [-0.1, -0.05) is 11.6 Å². The van der Waals surface area contributed by atoms with Gasteiger partial charge in [-0.05, 0) is 35.0 Å². The first kappa shape index (κ1) is 23.9. The SMILES string of the molecule is CC(COc1cc(SCC(F)(F)F)c(Cl)cc1F)Nc1ncnc(C(F)F)c1Br. The van der Waals surface area contributed by atoms with Gasteiger partial charge in [0.2, 0.25) is 0 Å². The summed E-state index contributed by atoms with van der Waals surface area (Å²) >= 11 is 9.18. The molecule has 1 unspecified atom stereocenters. The number of nitrogens with zero attached hydrogens (tertiary/aromatic N) is 2. The average molecular weight is 525 g/mol. The van der Waals surface area contributed by atoms with Crippen LogP contribution in [0, 0.1) is 5.82 Å². The molecule has 2 aromatic rings. The molecule has 0 bridgehead atoms. The van der Waals surface area contributed by atoms with Gasteiger partial charge in [0, 0.05) is 4.90 Å². The second kappa shape index (κ2) is 10.1. The molecule has 4 nitrogen and oxygen atoms in total. The molecule has 1 atom stereocenters. The highest BCUT2D eigenvalue weighted by atomic mass is 79.9. The Morgan fingerprint density at radius 2 is 1.97 bits per heavy atom. The van der Waals surface area contributed by atoms with E-state index in [0.717, 1.165) is 18.5 Å². The first-order valence-corrected chi connectivity index (χ1v) is 10.00. The predicted molar refractivity (Wildman–Crippen MR) is 101 cm³/mol. The Kier molecular flexibility index (Phi) is 8.29. The van der Waals surface area contributed by atoms with Crippen molar-refractivity contribution < 1.29 is 31.1 Å². The molecule has 0 aliphatic rings. The second-order valence-electron chi connectivity index (χ2n) is 5.70. The Balaban J connectivity index is 2.05. The van der Waals surface area contributed by atoms with E-state index in [-0.39, 0.29) is 32.6 Å². The Hall–Kier alpha value is -1.40. The summed E-state index contributed by atoms with van der Waals surface area (Å²) in [6, 6.07) is 1.42. The summed E-state index contributed by atoms with van der Waals surface area (Å²) in [6.45, 7) is 1.48. The molecule has 1 aromatic carbocycles. The summed E-state index contributed by atoms with van der Waals surface area (Å²) in [6.07, 6.45) is -6.26. The average Bonchev–Trinajstić information content (AvgIpc) is 2.61. The third kappa shape index (κ3) is 7.10. The van der Waals surface area contributed by atoms with E-state index in [2.05, 4.69) is 31.2 Å². The Labute approximate surface area is 179 Å². The van der Waals surface area contributed by atoms with Crippen LogP contribution in [-0.4, -0.2) is 34.5 Å². The molecular formula is C16H13BrClF6N3OS. The van der Waals surface area contributed by atoms with Gasteiger partial charge in [-0.15, -0.1) is 11.8 Å². The molecule has 1 aromatic heterocycles. The first-order valence-electron chi connectivity index (χ1n) is 7.84. The number of halogens is 8. The van der Waals surface area contributed by atoms with Gasteiger partial charge in [-0.2, -0.15) is 13.2 Å².